The van der Waals surface area contributed by atoms with E-state index in [4.69, 9.17) is 9.84 Å². The van der Waals surface area contributed by atoms with Gasteiger partial charge in [0.1, 0.15) is 0 Å². The molecule has 1 amide bonds. The molecule has 1 saturated heterocycles. The number of carbonyl (C=O) groups excluding carboxylic acids is 1. The van der Waals surface area contributed by atoms with Gasteiger partial charge in [0, 0.05) is 32.7 Å². The van der Waals surface area contributed by atoms with E-state index in [1.165, 1.54) is 19.3 Å². The molecule has 0 aromatic heterocycles. The molecule has 2 rings (SSSR count). The van der Waals surface area contributed by atoms with Crippen molar-refractivity contribution < 1.29 is 19.4 Å². The Morgan fingerprint density at radius 1 is 1.24 bits per heavy atom. The summed E-state index contributed by atoms with van der Waals surface area (Å²) >= 11 is 0. The predicted molar refractivity (Wildman–Crippen MR) is 95.5 cm³/mol. The van der Waals surface area contributed by atoms with Crippen LogP contribution in [0.25, 0.3) is 0 Å². The quantitative estimate of drug-likeness (QED) is 0.726. The van der Waals surface area contributed by atoms with Crippen molar-refractivity contribution in [1.29, 1.82) is 0 Å². The van der Waals surface area contributed by atoms with Crippen LogP contribution in [-0.2, 0) is 14.3 Å². The first-order valence-corrected chi connectivity index (χ1v) is 9.36. The first-order valence-electron chi connectivity index (χ1n) is 9.36. The molecule has 0 aromatic rings. The lowest BCUT2D eigenvalue weighted by atomic mass is 9.85. The molecule has 0 bridgehead atoms. The van der Waals surface area contributed by atoms with Crippen LogP contribution in [0.5, 0.6) is 0 Å². The number of aliphatic carboxylic acids is 1. The van der Waals surface area contributed by atoms with Gasteiger partial charge in [0.05, 0.1) is 25.8 Å². The van der Waals surface area contributed by atoms with Crippen LogP contribution in [-0.4, -0.2) is 97.3 Å². The largest absolute Gasteiger partial charge is 0.480 e. The van der Waals surface area contributed by atoms with E-state index >= 15 is 0 Å². The third-order valence-corrected chi connectivity index (χ3v) is 5.46. The summed E-state index contributed by atoms with van der Waals surface area (Å²) in [5.74, 6) is -0.0864. The third-order valence-electron chi connectivity index (χ3n) is 5.46. The summed E-state index contributed by atoms with van der Waals surface area (Å²) in [6.45, 7) is 5.23. The first kappa shape index (κ1) is 20.1. The van der Waals surface area contributed by atoms with Gasteiger partial charge in [-0.3, -0.25) is 19.4 Å². The summed E-state index contributed by atoms with van der Waals surface area (Å²) in [5, 5.41) is 8.85. The van der Waals surface area contributed by atoms with Crippen LogP contribution in [0.2, 0.25) is 0 Å². The summed E-state index contributed by atoms with van der Waals surface area (Å²) in [6, 6.07) is 0.361. The van der Waals surface area contributed by atoms with E-state index in [-0.39, 0.29) is 18.6 Å². The van der Waals surface area contributed by atoms with E-state index in [2.05, 4.69) is 11.8 Å². The number of rotatable bonds is 7. The maximum Gasteiger partial charge on any atom is 0.317 e. The molecule has 7 heteroatoms. The average molecular weight is 355 g/mol. The molecule has 0 radical (unpaired) electrons. The number of amides is 1. The van der Waals surface area contributed by atoms with Crippen LogP contribution < -0.4 is 0 Å². The van der Waals surface area contributed by atoms with Crippen molar-refractivity contribution in [2.24, 2.45) is 5.92 Å². The highest BCUT2D eigenvalue weighted by molar-refractivity contribution is 5.78. The minimum Gasteiger partial charge on any atom is -0.480 e. The fourth-order valence-corrected chi connectivity index (χ4v) is 4.04. The van der Waals surface area contributed by atoms with Crippen molar-refractivity contribution in [1.82, 2.24) is 14.7 Å². The van der Waals surface area contributed by atoms with Crippen LogP contribution >= 0.6 is 0 Å². The molecule has 1 heterocycles. The van der Waals surface area contributed by atoms with Crippen LogP contribution in [0.3, 0.4) is 0 Å². The minimum atomic E-state index is -0.839. The van der Waals surface area contributed by atoms with Gasteiger partial charge in [-0.25, -0.2) is 0 Å². The number of carboxylic acid groups (broad SMARTS) is 1. The molecule has 1 saturated carbocycles. The molecule has 25 heavy (non-hydrogen) atoms. The second-order valence-corrected chi connectivity index (χ2v) is 7.65. The molecule has 0 aromatic carbocycles. The summed E-state index contributed by atoms with van der Waals surface area (Å²) in [4.78, 5) is 29.3. The van der Waals surface area contributed by atoms with Crippen LogP contribution in [0.4, 0.5) is 0 Å². The van der Waals surface area contributed by atoms with Crippen molar-refractivity contribution in [3.8, 4) is 0 Å². The fraction of sp³-hybridized carbons (Fsp3) is 0.889. The minimum absolute atomic E-state index is 0.00109. The standard InChI is InChI=1S/C18H33N3O4/c1-14-6-4-5-7-16(14)20(3)17(22)12-21-8-9-25-15(11-21)10-19(2)13-18(23)24/h14-16H,4-13H2,1-3H3,(H,23,24). The Balaban J connectivity index is 1.80. The monoisotopic (exact) mass is 355 g/mol. The van der Waals surface area contributed by atoms with Gasteiger partial charge in [-0.15, -0.1) is 0 Å². The molecular weight excluding hydrogens is 322 g/mol. The third kappa shape index (κ3) is 6.24. The number of hydrogen-bond acceptors (Lipinski definition) is 5. The smallest absolute Gasteiger partial charge is 0.317 e. The maximum atomic E-state index is 12.7. The molecule has 2 fully saturated rings. The zero-order chi connectivity index (χ0) is 18.4. The Kier molecular flexibility index (Phi) is 7.65. The Morgan fingerprint density at radius 2 is 1.96 bits per heavy atom. The number of ether oxygens (including phenoxy) is 1. The number of carbonyl (C=O) groups is 2. The molecule has 0 spiro atoms. The lowest BCUT2D eigenvalue weighted by molar-refractivity contribution is -0.138. The van der Waals surface area contributed by atoms with Crippen molar-refractivity contribution in [3.05, 3.63) is 0 Å². The number of carboxylic acids is 1. The van der Waals surface area contributed by atoms with E-state index in [1.807, 2.05) is 11.9 Å². The zero-order valence-electron chi connectivity index (χ0n) is 15.8. The molecule has 1 aliphatic carbocycles. The highest BCUT2D eigenvalue weighted by Gasteiger charge is 2.30. The van der Waals surface area contributed by atoms with E-state index in [1.54, 1.807) is 11.9 Å². The van der Waals surface area contributed by atoms with Crippen LogP contribution in [0, 0.1) is 5.92 Å². The summed E-state index contributed by atoms with van der Waals surface area (Å²) < 4.78 is 5.73. The Hall–Kier alpha value is -1.18. The summed E-state index contributed by atoms with van der Waals surface area (Å²) in [5.41, 5.74) is 0. The molecule has 144 valence electrons. The van der Waals surface area contributed by atoms with Gasteiger partial charge in [-0.2, -0.15) is 0 Å². The molecule has 1 aliphatic heterocycles. The van der Waals surface area contributed by atoms with Crippen LogP contribution in [0.1, 0.15) is 32.6 Å². The van der Waals surface area contributed by atoms with Gasteiger partial charge in [-0.1, -0.05) is 19.8 Å². The van der Waals surface area contributed by atoms with Gasteiger partial charge in [0.2, 0.25) is 5.91 Å². The highest BCUT2D eigenvalue weighted by atomic mass is 16.5. The van der Waals surface area contributed by atoms with Gasteiger partial charge >= 0.3 is 5.97 Å². The Labute approximate surface area is 150 Å². The van der Waals surface area contributed by atoms with Crippen molar-refractivity contribution >= 4 is 11.9 Å². The molecule has 7 nitrogen and oxygen atoms in total. The lowest BCUT2D eigenvalue weighted by Crippen LogP contribution is -2.52. The number of morpholine rings is 1. The second-order valence-electron chi connectivity index (χ2n) is 7.65. The van der Waals surface area contributed by atoms with Gasteiger partial charge in [0.25, 0.3) is 0 Å². The summed E-state index contributed by atoms with van der Waals surface area (Å²) in [7, 11) is 3.72. The predicted octanol–water partition coefficient (Wildman–Crippen LogP) is 0.741. The number of hydrogen-bond donors (Lipinski definition) is 1. The molecule has 3 unspecified atom stereocenters. The maximum absolute atomic E-state index is 12.7. The second kappa shape index (κ2) is 9.50. The highest BCUT2D eigenvalue weighted by Crippen LogP contribution is 2.27. The fourth-order valence-electron chi connectivity index (χ4n) is 4.04. The average Bonchev–Trinajstić information content (AvgIpc) is 2.54. The van der Waals surface area contributed by atoms with Crippen molar-refractivity contribution in [2.45, 2.75) is 44.8 Å². The number of nitrogens with zero attached hydrogens (tertiary/aromatic N) is 3. The topological polar surface area (TPSA) is 73.3 Å². The van der Waals surface area contributed by atoms with Crippen molar-refractivity contribution in [3.63, 3.8) is 0 Å². The van der Waals surface area contributed by atoms with E-state index < -0.39 is 5.97 Å². The van der Waals surface area contributed by atoms with E-state index in [9.17, 15) is 9.59 Å². The van der Waals surface area contributed by atoms with Crippen molar-refractivity contribution in [2.75, 3.05) is 53.4 Å². The number of likely N-dealkylation sites (N-methyl/N-ethyl adjacent to an activating group) is 2. The molecule has 1 N–H and O–H groups in total. The van der Waals surface area contributed by atoms with Crippen LogP contribution in [0.15, 0.2) is 0 Å². The van der Waals surface area contributed by atoms with Gasteiger partial charge < -0.3 is 14.7 Å². The van der Waals surface area contributed by atoms with E-state index in [0.29, 0.717) is 38.2 Å². The first-order chi connectivity index (χ1) is 11.9. The SMILES string of the molecule is CC1CCCCC1N(C)C(=O)CN1CCOC(CN(C)CC(=O)O)C1. The van der Waals surface area contributed by atoms with Gasteiger partial charge in [0.15, 0.2) is 0 Å². The normalized spacial score (nSPS) is 28.1. The molecule has 3 atom stereocenters. The van der Waals surface area contributed by atoms with E-state index in [0.717, 1.165) is 13.0 Å². The Bertz CT molecular complexity index is 460. The Morgan fingerprint density at radius 3 is 2.64 bits per heavy atom. The molecular formula is C18H33N3O4. The summed E-state index contributed by atoms with van der Waals surface area (Å²) in [6.07, 6.45) is 4.74. The zero-order valence-corrected chi connectivity index (χ0v) is 15.8. The molecule has 2 aliphatic rings. The van der Waals surface area contributed by atoms with Gasteiger partial charge in [-0.05, 0) is 25.8 Å². The lowest BCUT2D eigenvalue weighted by Gasteiger charge is -2.39.